The predicted molar refractivity (Wildman–Crippen MR) is 93.4 cm³/mol. The van der Waals surface area contributed by atoms with E-state index in [0.717, 1.165) is 48.3 Å². The molecule has 0 radical (unpaired) electrons. The zero-order valence-corrected chi connectivity index (χ0v) is 13.4. The van der Waals surface area contributed by atoms with Gasteiger partial charge in [-0.15, -0.1) is 0 Å². The number of aryl methyl sites for hydroxylation is 1. The van der Waals surface area contributed by atoms with Crippen LogP contribution in [-0.2, 0) is 0 Å². The summed E-state index contributed by atoms with van der Waals surface area (Å²) in [7, 11) is 0. The molecule has 0 spiro atoms. The predicted octanol–water partition coefficient (Wildman–Crippen LogP) is 6.56. The summed E-state index contributed by atoms with van der Waals surface area (Å²) in [6, 6.07) is 16.4. The molecule has 106 valence electrons. The molecule has 3 aromatic carbocycles. The average molecular weight is 351 g/mol. The Kier molecular flexibility index (Phi) is 2.32. The van der Waals surface area contributed by atoms with Crippen LogP contribution in [0.5, 0.6) is 0 Å². The summed E-state index contributed by atoms with van der Waals surface area (Å²) in [5, 5.41) is 4.51. The highest BCUT2D eigenvalue weighted by Crippen LogP contribution is 2.40. The smallest absolute Gasteiger partial charge is 0.136 e. The molecule has 5 aromatic rings. The molecule has 0 unspecified atom stereocenters. The summed E-state index contributed by atoms with van der Waals surface area (Å²) in [4.78, 5) is 0. The van der Waals surface area contributed by atoms with Crippen molar-refractivity contribution in [2.24, 2.45) is 0 Å². The Morgan fingerprint density at radius 3 is 1.91 bits per heavy atom. The van der Waals surface area contributed by atoms with Crippen molar-refractivity contribution in [3.05, 3.63) is 58.6 Å². The number of benzene rings is 3. The lowest BCUT2D eigenvalue weighted by atomic mass is 10.0. The number of furan rings is 2. The van der Waals surface area contributed by atoms with E-state index in [1.165, 1.54) is 5.56 Å². The van der Waals surface area contributed by atoms with Crippen LogP contribution in [0, 0.1) is 6.92 Å². The first-order chi connectivity index (χ1) is 10.7. The van der Waals surface area contributed by atoms with E-state index < -0.39 is 0 Å². The van der Waals surface area contributed by atoms with Crippen LogP contribution in [0.2, 0.25) is 0 Å². The van der Waals surface area contributed by atoms with E-state index in [2.05, 4.69) is 41.1 Å². The number of halogens is 1. The fourth-order valence-corrected chi connectivity index (χ4v) is 3.58. The van der Waals surface area contributed by atoms with Crippen molar-refractivity contribution in [3.63, 3.8) is 0 Å². The third-order valence-electron chi connectivity index (χ3n) is 4.18. The normalized spacial score (nSPS) is 12.1. The second-order valence-corrected chi connectivity index (χ2v) is 6.57. The lowest BCUT2D eigenvalue weighted by molar-refractivity contribution is 0.663. The van der Waals surface area contributed by atoms with Crippen molar-refractivity contribution in [3.8, 4) is 0 Å². The SMILES string of the molecule is Cc1ccc2oc3ccc4oc5ccc(Br)cc5c4c3c2c1. The van der Waals surface area contributed by atoms with Gasteiger partial charge in [0, 0.05) is 26.0 Å². The Hall–Kier alpha value is -2.26. The van der Waals surface area contributed by atoms with E-state index in [-0.39, 0.29) is 0 Å². The second-order valence-electron chi connectivity index (χ2n) is 5.66. The molecule has 2 heterocycles. The maximum atomic E-state index is 6.01. The van der Waals surface area contributed by atoms with E-state index >= 15 is 0 Å². The van der Waals surface area contributed by atoms with Crippen LogP contribution >= 0.6 is 15.9 Å². The van der Waals surface area contributed by atoms with Gasteiger partial charge in [0.05, 0.1) is 0 Å². The lowest BCUT2D eigenvalue weighted by Crippen LogP contribution is -1.73. The monoisotopic (exact) mass is 350 g/mol. The number of hydrogen-bond donors (Lipinski definition) is 0. The maximum absolute atomic E-state index is 6.01. The lowest BCUT2D eigenvalue weighted by Gasteiger charge is -1.95. The summed E-state index contributed by atoms with van der Waals surface area (Å²) < 4.78 is 13.1. The molecular weight excluding hydrogens is 340 g/mol. The Balaban J connectivity index is 2.14. The van der Waals surface area contributed by atoms with Crippen LogP contribution < -0.4 is 0 Å². The fourth-order valence-electron chi connectivity index (χ4n) is 3.22. The number of fused-ring (bicyclic) bond motifs is 7. The van der Waals surface area contributed by atoms with Crippen molar-refractivity contribution >= 4 is 59.8 Å². The van der Waals surface area contributed by atoms with Gasteiger partial charge in [0.15, 0.2) is 0 Å². The molecule has 0 atom stereocenters. The molecule has 0 amide bonds. The van der Waals surface area contributed by atoms with Crippen molar-refractivity contribution in [2.45, 2.75) is 6.92 Å². The number of rotatable bonds is 0. The molecule has 3 heteroatoms. The second kappa shape index (κ2) is 4.14. The van der Waals surface area contributed by atoms with Crippen molar-refractivity contribution in [2.75, 3.05) is 0 Å². The molecule has 0 saturated carbocycles. The molecule has 0 N–H and O–H groups in total. The maximum Gasteiger partial charge on any atom is 0.136 e. The molecule has 0 saturated heterocycles. The van der Waals surface area contributed by atoms with Gasteiger partial charge in [-0.05, 0) is 49.4 Å². The van der Waals surface area contributed by atoms with Gasteiger partial charge in [-0.25, -0.2) is 0 Å². The highest BCUT2D eigenvalue weighted by molar-refractivity contribution is 9.10. The summed E-state index contributed by atoms with van der Waals surface area (Å²) in [6.45, 7) is 2.10. The summed E-state index contributed by atoms with van der Waals surface area (Å²) in [5.41, 5.74) is 4.83. The first kappa shape index (κ1) is 12.3. The summed E-state index contributed by atoms with van der Waals surface area (Å²) >= 11 is 3.55. The van der Waals surface area contributed by atoms with Crippen molar-refractivity contribution < 1.29 is 8.83 Å². The largest absolute Gasteiger partial charge is 0.456 e. The third kappa shape index (κ3) is 1.54. The molecule has 0 aliphatic carbocycles. The summed E-state index contributed by atoms with van der Waals surface area (Å²) in [6.07, 6.45) is 0. The van der Waals surface area contributed by atoms with Crippen LogP contribution in [0.4, 0.5) is 0 Å². The van der Waals surface area contributed by atoms with Crippen LogP contribution in [0.1, 0.15) is 5.56 Å². The first-order valence-corrected chi connectivity index (χ1v) is 7.94. The van der Waals surface area contributed by atoms with Crippen LogP contribution in [0.25, 0.3) is 43.9 Å². The molecular formula is C19H11BrO2. The molecule has 2 aromatic heterocycles. The van der Waals surface area contributed by atoms with Gasteiger partial charge in [-0.2, -0.15) is 0 Å². The molecule has 5 rings (SSSR count). The zero-order valence-electron chi connectivity index (χ0n) is 11.8. The topological polar surface area (TPSA) is 26.3 Å². The average Bonchev–Trinajstić information content (AvgIpc) is 3.04. The van der Waals surface area contributed by atoms with E-state index in [9.17, 15) is 0 Å². The molecule has 0 aliphatic rings. The molecule has 2 nitrogen and oxygen atoms in total. The Bertz CT molecular complexity index is 1100. The van der Waals surface area contributed by atoms with E-state index in [4.69, 9.17) is 8.83 Å². The van der Waals surface area contributed by atoms with Gasteiger partial charge >= 0.3 is 0 Å². The quantitative estimate of drug-likeness (QED) is 0.316. The minimum Gasteiger partial charge on any atom is -0.456 e. The fraction of sp³-hybridized carbons (Fsp3) is 0.0526. The Morgan fingerprint density at radius 1 is 0.682 bits per heavy atom. The minimum atomic E-state index is 0.893. The zero-order chi connectivity index (χ0) is 14.8. The van der Waals surface area contributed by atoms with Crippen molar-refractivity contribution in [1.82, 2.24) is 0 Å². The van der Waals surface area contributed by atoms with E-state index in [0.29, 0.717) is 0 Å². The van der Waals surface area contributed by atoms with Gasteiger partial charge in [0.25, 0.3) is 0 Å². The van der Waals surface area contributed by atoms with Crippen LogP contribution in [0.15, 0.2) is 61.8 Å². The first-order valence-electron chi connectivity index (χ1n) is 7.14. The van der Waals surface area contributed by atoms with E-state index in [1.807, 2.05) is 30.3 Å². The van der Waals surface area contributed by atoms with Gasteiger partial charge < -0.3 is 8.83 Å². The van der Waals surface area contributed by atoms with Crippen molar-refractivity contribution in [1.29, 1.82) is 0 Å². The Labute approximate surface area is 134 Å². The molecule has 22 heavy (non-hydrogen) atoms. The third-order valence-corrected chi connectivity index (χ3v) is 4.68. The van der Waals surface area contributed by atoms with Gasteiger partial charge in [-0.3, -0.25) is 0 Å². The Morgan fingerprint density at radius 2 is 1.23 bits per heavy atom. The standard InChI is InChI=1S/C19H11BrO2/c1-10-2-4-14-12(8-10)18-16(21-14)6-7-17-19(18)13-9-11(20)3-5-15(13)22-17/h2-9H,1H3. The molecule has 0 aliphatic heterocycles. The van der Waals surface area contributed by atoms with Crippen LogP contribution in [-0.4, -0.2) is 0 Å². The van der Waals surface area contributed by atoms with E-state index in [1.54, 1.807) is 0 Å². The molecule has 0 fully saturated rings. The number of hydrogen-bond acceptors (Lipinski definition) is 2. The minimum absolute atomic E-state index is 0.893. The van der Waals surface area contributed by atoms with Gasteiger partial charge in [0.2, 0.25) is 0 Å². The van der Waals surface area contributed by atoms with Crippen LogP contribution in [0.3, 0.4) is 0 Å². The van der Waals surface area contributed by atoms with Gasteiger partial charge in [-0.1, -0.05) is 27.6 Å². The highest BCUT2D eigenvalue weighted by atomic mass is 79.9. The summed E-state index contributed by atoms with van der Waals surface area (Å²) in [5.74, 6) is 0. The molecule has 0 bridgehead atoms. The highest BCUT2D eigenvalue weighted by Gasteiger charge is 2.16. The van der Waals surface area contributed by atoms with Gasteiger partial charge in [0.1, 0.15) is 22.3 Å².